The van der Waals surface area contributed by atoms with Crippen molar-refractivity contribution in [3.05, 3.63) is 70.6 Å². The first kappa shape index (κ1) is 18.1. The van der Waals surface area contributed by atoms with Gasteiger partial charge in [0.05, 0.1) is 0 Å². The van der Waals surface area contributed by atoms with Crippen molar-refractivity contribution in [1.29, 1.82) is 0 Å². The Morgan fingerprint density at radius 2 is 1.96 bits per heavy atom. The number of nitrogens with zero attached hydrogens (tertiary/aromatic N) is 2. The number of halogens is 1. The summed E-state index contributed by atoms with van der Waals surface area (Å²) in [5.41, 5.74) is 2.82. The van der Waals surface area contributed by atoms with Crippen LogP contribution in [0.25, 0.3) is 0 Å². The Morgan fingerprint density at radius 1 is 1.11 bits per heavy atom. The summed E-state index contributed by atoms with van der Waals surface area (Å²) in [4.78, 5) is 20.7. The van der Waals surface area contributed by atoms with E-state index in [2.05, 4.69) is 20.6 Å². The predicted octanol–water partition coefficient (Wildman–Crippen LogP) is 4.03. The van der Waals surface area contributed by atoms with Crippen molar-refractivity contribution < 1.29 is 14.3 Å². The Bertz CT molecular complexity index is 1040. The molecule has 7 nitrogen and oxygen atoms in total. The standard InChI is InChI=1S/C20H17ClN4O3/c1-12-6-14(21)3-4-15(12)25-20(26)16-8-19(24-10-23-16)22-9-13-2-5-17-18(7-13)28-11-27-17/h2-8,10H,9,11H2,1H3,(H,25,26)(H,22,23,24). The third-order valence-corrected chi connectivity index (χ3v) is 4.48. The largest absolute Gasteiger partial charge is 0.454 e. The molecule has 1 aliphatic rings. The van der Waals surface area contributed by atoms with Gasteiger partial charge in [-0.15, -0.1) is 0 Å². The minimum absolute atomic E-state index is 0.240. The Kier molecular flexibility index (Phi) is 4.99. The molecule has 2 aromatic carbocycles. The van der Waals surface area contributed by atoms with Crippen LogP contribution in [0.5, 0.6) is 11.5 Å². The van der Waals surface area contributed by atoms with E-state index in [1.54, 1.807) is 24.3 Å². The van der Waals surface area contributed by atoms with Crippen LogP contribution in [-0.2, 0) is 6.54 Å². The molecule has 0 atom stereocenters. The van der Waals surface area contributed by atoms with Crippen LogP contribution in [0.2, 0.25) is 5.02 Å². The number of carbonyl (C=O) groups is 1. The lowest BCUT2D eigenvalue weighted by Gasteiger charge is -2.10. The predicted molar refractivity (Wildman–Crippen MR) is 106 cm³/mol. The Morgan fingerprint density at radius 3 is 2.82 bits per heavy atom. The number of anilines is 2. The lowest BCUT2D eigenvalue weighted by molar-refractivity contribution is 0.102. The smallest absolute Gasteiger partial charge is 0.274 e. The molecule has 1 aliphatic heterocycles. The van der Waals surface area contributed by atoms with Crippen LogP contribution in [0.15, 0.2) is 48.8 Å². The minimum Gasteiger partial charge on any atom is -0.454 e. The van der Waals surface area contributed by atoms with Crippen LogP contribution in [0, 0.1) is 6.92 Å². The van der Waals surface area contributed by atoms with Crippen molar-refractivity contribution in [3.63, 3.8) is 0 Å². The van der Waals surface area contributed by atoms with Gasteiger partial charge in [-0.2, -0.15) is 0 Å². The van der Waals surface area contributed by atoms with E-state index in [1.807, 2.05) is 25.1 Å². The van der Waals surface area contributed by atoms with E-state index in [0.717, 1.165) is 22.6 Å². The van der Waals surface area contributed by atoms with Gasteiger partial charge in [-0.05, 0) is 48.4 Å². The number of hydrogen-bond acceptors (Lipinski definition) is 6. The molecule has 0 unspecified atom stereocenters. The fourth-order valence-corrected chi connectivity index (χ4v) is 3.00. The Balaban J connectivity index is 1.43. The molecule has 2 heterocycles. The first-order valence-corrected chi connectivity index (χ1v) is 8.98. The molecule has 0 aliphatic carbocycles. The first-order chi connectivity index (χ1) is 13.6. The molecule has 0 radical (unpaired) electrons. The zero-order chi connectivity index (χ0) is 19.5. The molecule has 1 aromatic heterocycles. The molecule has 8 heteroatoms. The molecular formula is C20H17ClN4O3. The van der Waals surface area contributed by atoms with E-state index >= 15 is 0 Å². The van der Waals surface area contributed by atoms with E-state index in [-0.39, 0.29) is 18.4 Å². The number of ether oxygens (including phenoxy) is 2. The van der Waals surface area contributed by atoms with Crippen LogP contribution in [0.1, 0.15) is 21.6 Å². The first-order valence-electron chi connectivity index (χ1n) is 8.60. The fraction of sp³-hybridized carbons (Fsp3) is 0.150. The number of benzene rings is 2. The van der Waals surface area contributed by atoms with Crippen LogP contribution in [-0.4, -0.2) is 22.7 Å². The molecule has 142 valence electrons. The van der Waals surface area contributed by atoms with Gasteiger partial charge < -0.3 is 20.1 Å². The zero-order valence-electron chi connectivity index (χ0n) is 15.0. The Hall–Kier alpha value is -3.32. The average molecular weight is 397 g/mol. The van der Waals surface area contributed by atoms with Crippen molar-refractivity contribution in [2.24, 2.45) is 0 Å². The molecule has 0 bridgehead atoms. The van der Waals surface area contributed by atoms with Gasteiger partial charge in [-0.1, -0.05) is 17.7 Å². The summed E-state index contributed by atoms with van der Waals surface area (Å²) in [5.74, 6) is 1.69. The molecule has 2 N–H and O–H groups in total. The summed E-state index contributed by atoms with van der Waals surface area (Å²) in [5, 5.41) is 6.64. The van der Waals surface area contributed by atoms with Gasteiger partial charge >= 0.3 is 0 Å². The monoisotopic (exact) mass is 396 g/mol. The van der Waals surface area contributed by atoms with Crippen molar-refractivity contribution in [1.82, 2.24) is 9.97 Å². The maximum atomic E-state index is 12.5. The summed E-state index contributed by atoms with van der Waals surface area (Å²) in [6.45, 7) is 2.63. The minimum atomic E-state index is -0.320. The van der Waals surface area contributed by atoms with Crippen molar-refractivity contribution in [3.8, 4) is 11.5 Å². The van der Waals surface area contributed by atoms with E-state index < -0.39 is 0 Å². The highest BCUT2D eigenvalue weighted by Crippen LogP contribution is 2.32. The molecule has 0 fully saturated rings. The van der Waals surface area contributed by atoms with Crippen LogP contribution < -0.4 is 20.1 Å². The summed E-state index contributed by atoms with van der Waals surface area (Å²) in [7, 11) is 0. The zero-order valence-corrected chi connectivity index (χ0v) is 15.8. The van der Waals surface area contributed by atoms with Crippen molar-refractivity contribution in [2.75, 3.05) is 17.4 Å². The maximum Gasteiger partial charge on any atom is 0.274 e. The van der Waals surface area contributed by atoms with Crippen molar-refractivity contribution in [2.45, 2.75) is 13.5 Å². The SMILES string of the molecule is Cc1cc(Cl)ccc1NC(=O)c1cc(NCc2ccc3c(c2)OCO3)ncn1. The third-order valence-electron chi connectivity index (χ3n) is 4.25. The molecule has 0 saturated carbocycles. The van der Waals surface area contributed by atoms with Gasteiger partial charge in [-0.3, -0.25) is 4.79 Å². The number of nitrogens with one attached hydrogen (secondary N) is 2. The Labute approximate surface area is 166 Å². The highest BCUT2D eigenvalue weighted by atomic mass is 35.5. The molecule has 0 saturated heterocycles. The summed E-state index contributed by atoms with van der Waals surface area (Å²) in [6.07, 6.45) is 1.35. The summed E-state index contributed by atoms with van der Waals surface area (Å²) in [6, 6.07) is 12.6. The van der Waals surface area contributed by atoms with Crippen LogP contribution in [0.3, 0.4) is 0 Å². The molecule has 3 aromatic rings. The summed E-state index contributed by atoms with van der Waals surface area (Å²) < 4.78 is 10.7. The molecule has 1 amide bonds. The molecule has 4 rings (SSSR count). The molecule has 28 heavy (non-hydrogen) atoms. The maximum absolute atomic E-state index is 12.5. The fourth-order valence-electron chi connectivity index (χ4n) is 2.78. The van der Waals surface area contributed by atoms with E-state index in [4.69, 9.17) is 21.1 Å². The lowest BCUT2D eigenvalue weighted by Crippen LogP contribution is -2.15. The topological polar surface area (TPSA) is 85.4 Å². The highest BCUT2D eigenvalue weighted by molar-refractivity contribution is 6.30. The third kappa shape index (κ3) is 3.99. The van der Waals surface area contributed by atoms with Gasteiger partial charge in [0.15, 0.2) is 11.5 Å². The second-order valence-electron chi connectivity index (χ2n) is 6.24. The van der Waals surface area contributed by atoms with Crippen LogP contribution in [0.4, 0.5) is 11.5 Å². The van der Waals surface area contributed by atoms with Crippen LogP contribution >= 0.6 is 11.6 Å². The molecule has 0 spiro atoms. The van der Waals surface area contributed by atoms with Gasteiger partial charge in [0, 0.05) is 23.3 Å². The van der Waals surface area contributed by atoms with E-state index in [1.165, 1.54) is 6.33 Å². The number of aryl methyl sites for hydroxylation is 1. The van der Waals surface area contributed by atoms with Gasteiger partial charge in [0.1, 0.15) is 17.8 Å². The average Bonchev–Trinajstić information content (AvgIpc) is 3.16. The van der Waals surface area contributed by atoms with Gasteiger partial charge in [-0.25, -0.2) is 9.97 Å². The second kappa shape index (κ2) is 7.74. The second-order valence-corrected chi connectivity index (χ2v) is 6.68. The number of aromatic nitrogens is 2. The number of hydrogen-bond donors (Lipinski definition) is 2. The highest BCUT2D eigenvalue weighted by Gasteiger charge is 2.14. The number of rotatable bonds is 5. The van der Waals surface area contributed by atoms with E-state index in [0.29, 0.717) is 23.1 Å². The lowest BCUT2D eigenvalue weighted by atomic mass is 10.2. The quantitative estimate of drug-likeness (QED) is 0.677. The normalized spacial score (nSPS) is 11.9. The van der Waals surface area contributed by atoms with Crippen molar-refractivity contribution >= 4 is 29.0 Å². The number of fused-ring (bicyclic) bond motifs is 1. The molecular weight excluding hydrogens is 380 g/mol. The summed E-state index contributed by atoms with van der Waals surface area (Å²) >= 11 is 5.95. The van der Waals surface area contributed by atoms with Gasteiger partial charge in [0.2, 0.25) is 6.79 Å². The van der Waals surface area contributed by atoms with E-state index in [9.17, 15) is 4.79 Å². The number of carbonyl (C=O) groups excluding carboxylic acids is 1. The number of amides is 1. The van der Waals surface area contributed by atoms with Gasteiger partial charge in [0.25, 0.3) is 5.91 Å².